The molecule has 0 bridgehead atoms. The van der Waals surface area contributed by atoms with Crippen LogP contribution in [0.5, 0.6) is 0 Å². The van der Waals surface area contributed by atoms with Gasteiger partial charge in [-0.05, 0) is 41.5 Å². The van der Waals surface area contributed by atoms with Crippen molar-refractivity contribution < 1.29 is 33.7 Å². The zero-order chi connectivity index (χ0) is 20.7. The van der Waals surface area contributed by atoms with E-state index in [1.165, 1.54) is 11.9 Å². The second kappa shape index (κ2) is 9.61. The monoisotopic (exact) mass is 376 g/mol. The molecule has 1 atom stereocenters. The first-order chi connectivity index (χ1) is 11.7. The molecule has 0 aliphatic rings. The number of amides is 2. The van der Waals surface area contributed by atoms with Crippen molar-refractivity contribution in [2.24, 2.45) is 0 Å². The summed E-state index contributed by atoms with van der Waals surface area (Å²) in [4.78, 5) is 38.2. The number of carbonyl (C=O) groups excluding carboxylic acids is 3. The van der Waals surface area contributed by atoms with Gasteiger partial charge >= 0.3 is 18.2 Å². The van der Waals surface area contributed by atoms with E-state index < -0.39 is 35.5 Å². The second-order valence-electron chi connectivity index (χ2n) is 7.87. The Bertz CT molecular complexity index is 494. The van der Waals surface area contributed by atoms with Crippen LogP contribution in [0, 0.1) is 0 Å². The largest absolute Gasteiger partial charge is 0.467 e. The Labute approximate surface area is 155 Å². The van der Waals surface area contributed by atoms with E-state index >= 15 is 0 Å². The number of aliphatic hydroxyl groups excluding tert-OH is 1. The van der Waals surface area contributed by atoms with Crippen molar-refractivity contribution in [1.29, 1.82) is 0 Å². The fourth-order valence-corrected chi connectivity index (χ4v) is 1.70. The molecule has 1 N–H and O–H groups in total. The number of ether oxygens (including phenoxy) is 3. The SMILES string of the molecule is COC(=O)C(O)CN(CCN(C)C(=O)OC(C)(C)C)C(=O)OC(C)(C)C. The topological polar surface area (TPSA) is 106 Å². The van der Waals surface area contributed by atoms with Gasteiger partial charge in [-0.1, -0.05) is 0 Å². The summed E-state index contributed by atoms with van der Waals surface area (Å²) in [5, 5.41) is 9.83. The molecule has 0 spiro atoms. The molecule has 0 saturated carbocycles. The lowest BCUT2D eigenvalue weighted by atomic mass is 10.2. The number of likely N-dealkylation sites (N-methyl/N-ethyl adjacent to an activating group) is 1. The average molecular weight is 376 g/mol. The maximum Gasteiger partial charge on any atom is 0.410 e. The molecule has 26 heavy (non-hydrogen) atoms. The van der Waals surface area contributed by atoms with Crippen LogP contribution in [0.1, 0.15) is 41.5 Å². The van der Waals surface area contributed by atoms with Crippen LogP contribution in [0.2, 0.25) is 0 Å². The standard InChI is InChI=1S/C17H32N2O7/c1-16(2,3)25-14(22)18(7)9-10-19(11-12(20)13(21)24-8)15(23)26-17(4,5)6/h12,20H,9-11H2,1-8H3. The van der Waals surface area contributed by atoms with Gasteiger partial charge in [0, 0.05) is 20.1 Å². The Kier molecular flexibility index (Phi) is 8.86. The molecule has 1 unspecified atom stereocenters. The zero-order valence-corrected chi connectivity index (χ0v) is 17.0. The van der Waals surface area contributed by atoms with Crippen molar-refractivity contribution in [2.75, 3.05) is 33.8 Å². The molecule has 0 aromatic heterocycles. The molecule has 0 rings (SSSR count). The first-order valence-corrected chi connectivity index (χ1v) is 8.34. The van der Waals surface area contributed by atoms with Crippen molar-refractivity contribution >= 4 is 18.2 Å². The third kappa shape index (κ3) is 10.1. The fraction of sp³-hybridized carbons (Fsp3) is 0.824. The van der Waals surface area contributed by atoms with Crippen LogP contribution in [0.25, 0.3) is 0 Å². The van der Waals surface area contributed by atoms with Crippen LogP contribution in [0.15, 0.2) is 0 Å². The van der Waals surface area contributed by atoms with Gasteiger partial charge in [-0.3, -0.25) is 0 Å². The predicted molar refractivity (Wildman–Crippen MR) is 94.7 cm³/mol. The Morgan fingerprint density at radius 2 is 1.38 bits per heavy atom. The van der Waals surface area contributed by atoms with Crippen LogP contribution in [-0.4, -0.2) is 84.2 Å². The molecule has 0 fully saturated rings. The van der Waals surface area contributed by atoms with Crippen molar-refractivity contribution in [1.82, 2.24) is 9.80 Å². The number of carbonyl (C=O) groups is 3. The predicted octanol–water partition coefficient (Wildman–Crippen LogP) is 1.62. The van der Waals surface area contributed by atoms with E-state index in [0.717, 1.165) is 12.0 Å². The lowest BCUT2D eigenvalue weighted by molar-refractivity contribution is -0.151. The quantitative estimate of drug-likeness (QED) is 0.555. The van der Waals surface area contributed by atoms with E-state index in [1.807, 2.05) is 0 Å². The highest BCUT2D eigenvalue weighted by atomic mass is 16.6. The van der Waals surface area contributed by atoms with Crippen LogP contribution in [-0.2, 0) is 19.0 Å². The van der Waals surface area contributed by atoms with Gasteiger partial charge in [-0.2, -0.15) is 0 Å². The van der Waals surface area contributed by atoms with Crippen molar-refractivity contribution in [2.45, 2.75) is 58.8 Å². The number of hydrogen-bond acceptors (Lipinski definition) is 7. The summed E-state index contributed by atoms with van der Waals surface area (Å²) in [5.74, 6) is -0.862. The highest BCUT2D eigenvalue weighted by Crippen LogP contribution is 2.12. The number of aliphatic hydroxyl groups is 1. The van der Waals surface area contributed by atoms with E-state index in [2.05, 4.69) is 4.74 Å². The molecule has 0 aliphatic heterocycles. The third-order valence-corrected chi connectivity index (χ3v) is 2.93. The van der Waals surface area contributed by atoms with E-state index in [-0.39, 0.29) is 19.6 Å². The van der Waals surface area contributed by atoms with E-state index in [4.69, 9.17) is 9.47 Å². The molecule has 0 aromatic carbocycles. The number of esters is 1. The number of nitrogens with zero attached hydrogens (tertiary/aromatic N) is 2. The van der Waals surface area contributed by atoms with Gasteiger partial charge in [-0.15, -0.1) is 0 Å². The molecule has 9 heteroatoms. The van der Waals surface area contributed by atoms with Gasteiger partial charge in [0.2, 0.25) is 0 Å². The Hall–Kier alpha value is -2.03. The minimum atomic E-state index is -1.51. The fourth-order valence-electron chi connectivity index (χ4n) is 1.70. The number of hydrogen-bond donors (Lipinski definition) is 1. The summed E-state index contributed by atoms with van der Waals surface area (Å²) in [5.41, 5.74) is -1.39. The van der Waals surface area contributed by atoms with Crippen molar-refractivity contribution in [3.05, 3.63) is 0 Å². The van der Waals surface area contributed by atoms with Crippen molar-refractivity contribution in [3.8, 4) is 0 Å². The molecule has 0 heterocycles. The maximum atomic E-state index is 12.3. The maximum absolute atomic E-state index is 12.3. The first-order valence-electron chi connectivity index (χ1n) is 8.34. The molecule has 0 aromatic rings. The summed E-state index contributed by atoms with van der Waals surface area (Å²) < 4.78 is 15.0. The highest BCUT2D eigenvalue weighted by Gasteiger charge is 2.28. The summed E-state index contributed by atoms with van der Waals surface area (Å²) in [6, 6.07) is 0. The summed E-state index contributed by atoms with van der Waals surface area (Å²) in [6.07, 6.45) is -2.77. The average Bonchev–Trinajstić information content (AvgIpc) is 2.46. The lowest BCUT2D eigenvalue weighted by Gasteiger charge is -2.30. The van der Waals surface area contributed by atoms with E-state index in [1.54, 1.807) is 41.5 Å². The molecule has 0 saturated heterocycles. The minimum Gasteiger partial charge on any atom is -0.467 e. The molecular formula is C17H32N2O7. The summed E-state index contributed by atoms with van der Waals surface area (Å²) >= 11 is 0. The van der Waals surface area contributed by atoms with Gasteiger partial charge in [0.05, 0.1) is 13.7 Å². The highest BCUT2D eigenvalue weighted by molar-refractivity contribution is 5.76. The molecule has 152 valence electrons. The van der Waals surface area contributed by atoms with E-state index in [0.29, 0.717) is 0 Å². The van der Waals surface area contributed by atoms with Crippen molar-refractivity contribution in [3.63, 3.8) is 0 Å². The van der Waals surface area contributed by atoms with Gasteiger partial charge in [-0.25, -0.2) is 14.4 Å². The number of rotatable bonds is 6. The van der Waals surface area contributed by atoms with Gasteiger partial charge in [0.1, 0.15) is 11.2 Å². The van der Waals surface area contributed by atoms with Gasteiger partial charge in [0.15, 0.2) is 6.10 Å². The summed E-state index contributed by atoms with van der Waals surface area (Å²) in [6.45, 7) is 10.2. The minimum absolute atomic E-state index is 0.0404. The number of methoxy groups -OCH3 is 1. The molecular weight excluding hydrogens is 344 g/mol. The zero-order valence-electron chi connectivity index (χ0n) is 17.0. The smallest absolute Gasteiger partial charge is 0.410 e. The van der Waals surface area contributed by atoms with Crippen LogP contribution in [0.4, 0.5) is 9.59 Å². The first kappa shape index (κ1) is 24.0. The molecule has 9 nitrogen and oxygen atoms in total. The molecule has 0 aliphatic carbocycles. The Balaban J connectivity index is 4.97. The van der Waals surface area contributed by atoms with Gasteiger partial charge < -0.3 is 29.1 Å². The Morgan fingerprint density at radius 1 is 0.923 bits per heavy atom. The summed E-state index contributed by atoms with van der Waals surface area (Å²) in [7, 11) is 2.66. The van der Waals surface area contributed by atoms with Gasteiger partial charge in [0.25, 0.3) is 0 Å². The van der Waals surface area contributed by atoms with Crippen LogP contribution < -0.4 is 0 Å². The Morgan fingerprint density at radius 3 is 1.81 bits per heavy atom. The van der Waals surface area contributed by atoms with E-state index in [9.17, 15) is 19.5 Å². The van der Waals surface area contributed by atoms with Crippen LogP contribution >= 0.6 is 0 Å². The second-order valence-corrected chi connectivity index (χ2v) is 7.87. The molecule has 0 radical (unpaired) electrons. The lowest BCUT2D eigenvalue weighted by Crippen LogP contribution is -2.47. The van der Waals surface area contributed by atoms with Crippen LogP contribution in [0.3, 0.4) is 0 Å². The third-order valence-electron chi connectivity index (χ3n) is 2.93. The normalized spacial score (nSPS) is 12.8. The molecule has 2 amide bonds.